The molecule has 0 atom stereocenters. The predicted octanol–water partition coefficient (Wildman–Crippen LogP) is 4.85. The lowest BCUT2D eigenvalue weighted by molar-refractivity contribution is 0.102. The zero-order valence-corrected chi connectivity index (χ0v) is 15.5. The maximum absolute atomic E-state index is 12.3. The van der Waals surface area contributed by atoms with Crippen LogP contribution in [0.25, 0.3) is 0 Å². The Morgan fingerprint density at radius 3 is 2.48 bits per heavy atom. The minimum absolute atomic E-state index is 0.260. The summed E-state index contributed by atoms with van der Waals surface area (Å²) in [5, 5.41) is 5.98. The van der Waals surface area contributed by atoms with E-state index < -0.39 is 0 Å². The average molecular weight is 397 g/mol. The monoisotopic (exact) mass is 396 g/mol. The van der Waals surface area contributed by atoms with Gasteiger partial charge in [-0.2, -0.15) is 0 Å². The van der Waals surface area contributed by atoms with Gasteiger partial charge >= 0.3 is 0 Å². The van der Waals surface area contributed by atoms with E-state index in [9.17, 15) is 4.79 Å². The van der Waals surface area contributed by atoms with Crippen LogP contribution in [-0.2, 0) is 0 Å². The Hall–Kier alpha value is -2.73. The summed E-state index contributed by atoms with van der Waals surface area (Å²) >= 11 is 3.46. The van der Waals surface area contributed by atoms with Crippen LogP contribution < -0.4 is 10.6 Å². The molecule has 3 rings (SSSR count). The summed E-state index contributed by atoms with van der Waals surface area (Å²) in [6.45, 7) is 4.04. The maximum Gasteiger partial charge on any atom is 0.275 e. The molecule has 2 aromatic carbocycles. The summed E-state index contributed by atoms with van der Waals surface area (Å²) in [5.74, 6) is 0.276. The average Bonchev–Trinajstić information content (AvgIpc) is 2.61. The Morgan fingerprint density at radius 2 is 1.80 bits per heavy atom. The van der Waals surface area contributed by atoms with Crippen molar-refractivity contribution in [2.45, 2.75) is 13.8 Å². The number of aromatic nitrogens is 2. The third-order valence-corrected chi connectivity index (χ3v) is 4.48. The summed E-state index contributed by atoms with van der Waals surface area (Å²) in [4.78, 5) is 20.7. The molecule has 2 N–H and O–H groups in total. The molecule has 5 nitrogen and oxygen atoms in total. The molecule has 0 fully saturated rings. The van der Waals surface area contributed by atoms with E-state index in [2.05, 4.69) is 36.5 Å². The van der Waals surface area contributed by atoms with Crippen LogP contribution in [0.1, 0.15) is 21.6 Å². The van der Waals surface area contributed by atoms with Crippen LogP contribution in [0.5, 0.6) is 0 Å². The van der Waals surface area contributed by atoms with Gasteiger partial charge in [0.2, 0.25) is 0 Å². The molecule has 0 aliphatic carbocycles. The molecule has 6 heteroatoms. The van der Waals surface area contributed by atoms with Gasteiger partial charge in [0.1, 0.15) is 11.5 Å². The highest BCUT2D eigenvalue weighted by molar-refractivity contribution is 9.10. The summed E-state index contributed by atoms with van der Waals surface area (Å²) in [5.41, 5.74) is 4.18. The van der Waals surface area contributed by atoms with E-state index in [1.807, 2.05) is 56.3 Å². The maximum atomic E-state index is 12.3. The van der Waals surface area contributed by atoms with Crippen LogP contribution in [0, 0.1) is 13.8 Å². The first-order valence-corrected chi connectivity index (χ1v) is 8.54. The van der Waals surface area contributed by atoms with Crippen molar-refractivity contribution in [3.63, 3.8) is 0 Å². The molecule has 126 valence electrons. The molecule has 0 saturated carbocycles. The molecular formula is C19H17BrN4O. The quantitative estimate of drug-likeness (QED) is 0.661. The standard InChI is InChI=1S/C19H17BrN4O/c1-12-7-8-14(9-13(12)2)23-19(25)17-10-22-18(11-21-17)24-16-6-4-3-5-15(16)20/h3-11H,1-2H3,(H,22,24)(H,23,25). The number of para-hydroxylation sites is 1. The fraction of sp³-hybridized carbons (Fsp3) is 0.105. The van der Waals surface area contributed by atoms with Gasteiger partial charge in [-0.25, -0.2) is 9.97 Å². The molecule has 0 radical (unpaired) electrons. The highest BCUT2D eigenvalue weighted by Gasteiger charge is 2.09. The number of carbonyl (C=O) groups is 1. The number of nitrogens with one attached hydrogen (secondary N) is 2. The fourth-order valence-corrected chi connectivity index (χ4v) is 2.61. The van der Waals surface area contributed by atoms with Crippen LogP contribution in [0.2, 0.25) is 0 Å². The van der Waals surface area contributed by atoms with Crippen LogP contribution in [-0.4, -0.2) is 15.9 Å². The number of nitrogens with zero attached hydrogens (tertiary/aromatic N) is 2. The van der Waals surface area contributed by atoms with Gasteiger partial charge in [-0.1, -0.05) is 18.2 Å². The van der Waals surface area contributed by atoms with E-state index >= 15 is 0 Å². The summed E-state index contributed by atoms with van der Waals surface area (Å²) in [6.07, 6.45) is 2.99. The molecule has 0 bridgehead atoms. The zero-order valence-electron chi connectivity index (χ0n) is 13.9. The van der Waals surface area contributed by atoms with Crippen LogP contribution in [0.4, 0.5) is 17.2 Å². The molecule has 1 aromatic heterocycles. The minimum atomic E-state index is -0.289. The Bertz CT molecular complexity index is 910. The molecular weight excluding hydrogens is 380 g/mol. The third kappa shape index (κ3) is 4.22. The van der Waals surface area contributed by atoms with Gasteiger partial charge in [-0.15, -0.1) is 0 Å². The van der Waals surface area contributed by atoms with Gasteiger partial charge in [0.05, 0.1) is 18.1 Å². The van der Waals surface area contributed by atoms with Crippen molar-refractivity contribution in [1.29, 1.82) is 0 Å². The largest absolute Gasteiger partial charge is 0.338 e. The molecule has 0 unspecified atom stereocenters. The lowest BCUT2D eigenvalue weighted by Crippen LogP contribution is -2.14. The van der Waals surface area contributed by atoms with Gasteiger partial charge in [-0.05, 0) is 65.2 Å². The number of benzene rings is 2. The number of hydrogen-bond donors (Lipinski definition) is 2. The van der Waals surface area contributed by atoms with Gasteiger partial charge in [-0.3, -0.25) is 4.79 Å². The van der Waals surface area contributed by atoms with E-state index in [4.69, 9.17) is 0 Å². The van der Waals surface area contributed by atoms with Crippen molar-refractivity contribution < 1.29 is 4.79 Å². The van der Waals surface area contributed by atoms with Crippen LogP contribution in [0.3, 0.4) is 0 Å². The number of carbonyl (C=O) groups excluding carboxylic acids is 1. The molecule has 25 heavy (non-hydrogen) atoms. The van der Waals surface area contributed by atoms with Gasteiger partial charge in [0.25, 0.3) is 5.91 Å². The normalized spacial score (nSPS) is 10.4. The van der Waals surface area contributed by atoms with Crippen molar-refractivity contribution >= 4 is 39.0 Å². The Kier molecular flexibility index (Phi) is 5.09. The van der Waals surface area contributed by atoms with Crippen LogP contribution >= 0.6 is 15.9 Å². The second kappa shape index (κ2) is 7.44. The van der Waals surface area contributed by atoms with Crippen molar-refractivity contribution in [2.75, 3.05) is 10.6 Å². The lowest BCUT2D eigenvalue weighted by Gasteiger charge is -2.09. The highest BCUT2D eigenvalue weighted by atomic mass is 79.9. The SMILES string of the molecule is Cc1ccc(NC(=O)c2cnc(Nc3ccccc3Br)cn2)cc1C. The van der Waals surface area contributed by atoms with E-state index in [1.165, 1.54) is 18.0 Å². The molecule has 0 saturated heterocycles. The van der Waals surface area contributed by atoms with E-state index in [0.29, 0.717) is 5.82 Å². The number of aryl methyl sites for hydroxylation is 2. The molecule has 1 amide bonds. The zero-order chi connectivity index (χ0) is 17.8. The molecule has 0 aliphatic heterocycles. The summed E-state index contributed by atoms with van der Waals surface area (Å²) in [6, 6.07) is 13.5. The number of hydrogen-bond acceptors (Lipinski definition) is 4. The van der Waals surface area contributed by atoms with E-state index in [-0.39, 0.29) is 11.6 Å². The molecule has 0 aliphatic rings. The van der Waals surface area contributed by atoms with Gasteiger partial charge in [0.15, 0.2) is 0 Å². The second-order valence-electron chi connectivity index (χ2n) is 5.64. The minimum Gasteiger partial charge on any atom is -0.338 e. The summed E-state index contributed by atoms with van der Waals surface area (Å²) < 4.78 is 0.924. The predicted molar refractivity (Wildman–Crippen MR) is 103 cm³/mol. The number of anilines is 3. The third-order valence-electron chi connectivity index (χ3n) is 3.79. The topological polar surface area (TPSA) is 66.9 Å². The number of halogens is 1. The lowest BCUT2D eigenvalue weighted by atomic mass is 10.1. The molecule has 0 spiro atoms. The molecule has 3 aromatic rings. The Labute approximate surface area is 154 Å². The first-order valence-electron chi connectivity index (χ1n) is 7.75. The second-order valence-corrected chi connectivity index (χ2v) is 6.50. The van der Waals surface area contributed by atoms with Gasteiger partial charge < -0.3 is 10.6 Å². The molecule has 1 heterocycles. The highest BCUT2D eigenvalue weighted by Crippen LogP contribution is 2.24. The smallest absolute Gasteiger partial charge is 0.275 e. The van der Waals surface area contributed by atoms with Crippen LogP contribution in [0.15, 0.2) is 59.3 Å². The van der Waals surface area contributed by atoms with Crippen molar-refractivity contribution in [2.24, 2.45) is 0 Å². The summed E-state index contributed by atoms with van der Waals surface area (Å²) in [7, 11) is 0. The van der Waals surface area contributed by atoms with Crippen molar-refractivity contribution in [1.82, 2.24) is 9.97 Å². The number of rotatable bonds is 4. The number of amides is 1. The van der Waals surface area contributed by atoms with E-state index in [0.717, 1.165) is 21.4 Å². The van der Waals surface area contributed by atoms with Crippen molar-refractivity contribution in [3.05, 3.63) is 76.2 Å². The Balaban J connectivity index is 1.70. The van der Waals surface area contributed by atoms with Gasteiger partial charge in [0, 0.05) is 10.2 Å². The first kappa shape index (κ1) is 17.1. The first-order chi connectivity index (χ1) is 12.0. The fourth-order valence-electron chi connectivity index (χ4n) is 2.22. The Morgan fingerprint density at radius 1 is 1.00 bits per heavy atom. The van der Waals surface area contributed by atoms with Crippen molar-refractivity contribution in [3.8, 4) is 0 Å². The van der Waals surface area contributed by atoms with E-state index in [1.54, 1.807) is 0 Å².